The molecule has 0 fully saturated rings. The number of carbonyl (C=O) groups is 1. The van der Waals surface area contributed by atoms with Gasteiger partial charge in [-0.05, 0) is 84.9 Å². The number of amides is 1. The number of hydrogen-bond donors (Lipinski definition) is 7. The summed E-state index contributed by atoms with van der Waals surface area (Å²) in [5.41, 5.74) is 8.81. The third kappa shape index (κ3) is 9.78. The number of rotatable bonds is 13. The summed E-state index contributed by atoms with van der Waals surface area (Å²) in [5, 5.41) is 64.6. The Morgan fingerprint density at radius 2 is 1.04 bits per heavy atom. The first-order valence-electron chi connectivity index (χ1n) is 18.3. The quantitative estimate of drug-likeness (QED) is 0.0186. The number of benzene rings is 7. The van der Waals surface area contributed by atoms with Gasteiger partial charge >= 0.3 is 0 Å². The van der Waals surface area contributed by atoms with E-state index in [2.05, 4.69) is 40.9 Å². The van der Waals surface area contributed by atoms with Gasteiger partial charge in [0.05, 0.1) is 44.1 Å². The molecular formula is C39H27N11O14S3. The summed E-state index contributed by atoms with van der Waals surface area (Å²) in [5.74, 6) is -2.49. The summed E-state index contributed by atoms with van der Waals surface area (Å²) >= 11 is 0. The van der Waals surface area contributed by atoms with Crippen molar-refractivity contribution in [1.29, 1.82) is 0 Å². The van der Waals surface area contributed by atoms with Crippen LogP contribution >= 0.6 is 0 Å². The van der Waals surface area contributed by atoms with Crippen molar-refractivity contribution in [2.45, 2.75) is 14.7 Å². The Bertz CT molecular complexity index is 3700. The summed E-state index contributed by atoms with van der Waals surface area (Å²) in [6, 6.07) is 21.5. The van der Waals surface area contributed by atoms with Gasteiger partial charge in [0.15, 0.2) is 11.5 Å². The van der Waals surface area contributed by atoms with Crippen LogP contribution in [0, 0.1) is 10.1 Å². The normalized spacial score (nSPS) is 12.6. The lowest BCUT2D eigenvalue weighted by atomic mass is 10.0. The topological polar surface area (TPSA) is 415 Å². The molecule has 0 radical (unpaired) electrons. The van der Waals surface area contributed by atoms with Gasteiger partial charge in [-0.15, -0.1) is 30.7 Å². The average Bonchev–Trinajstić information content (AvgIpc) is 3.26. The average molecular weight is 970 g/mol. The van der Waals surface area contributed by atoms with E-state index in [0.29, 0.717) is 12.1 Å². The third-order valence-corrected chi connectivity index (χ3v) is 12.0. The van der Waals surface area contributed by atoms with E-state index in [1.807, 2.05) is 0 Å². The van der Waals surface area contributed by atoms with Gasteiger partial charge in [0, 0.05) is 28.5 Å². The van der Waals surface area contributed by atoms with Gasteiger partial charge in [-0.3, -0.25) is 28.6 Å². The van der Waals surface area contributed by atoms with Gasteiger partial charge in [0.1, 0.15) is 37.4 Å². The van der Waals surface area contributed by atoms with Crippen molar-refractivity contribution in [1.82, 2.24) is 0 Å². The molecule has 0 saturated heterocycles. The van der Waals surface area contributed by atoms with Crippen molar-refractivity contribution in [2.75, 3.05) is 5.73 Å². The number of primary amides is 1. The van der Waals surface area contributed by atoms with Crippen molar-refractivity contribution in [3.8, 4) is 11.5 Å². The first kappa shape index (κ1) is 46.5. The third-order valence-electron chi connectivity index (χ3n) is 9.39. The molecule has 0 aliphatic heterocycles. The molecule has 25 nitrogen and oxygen atoms in total. The van der Waals surface area contributed by atoms with Crippen molar-refractivity contribution in [3.05, 3.63) is 125 Å². The lowest BCUT2D eigenvalue weighted by Gasteiger charge is -2.14. The van der Waals surface area contributed by atoms with E-state index in [4.69, 9.17) is 11.5 Å². The number of nitrogens with two attached hydrogens (primary N) is 2. The molecule has 0 unspecified atom stereocenters. The predicted molar refractivity (Wildman–Crippen MR) is 236 cm³/mol. The van der Waals surface area contributed by atoms with Crippen molar-refractivity contribution in [2.24, 2.45) is 46.6 Å². The number of fused-ring (bicyclic) bond motifs is 2. The van der Waals surface area contributed by atoms with E-state index in [9.17, 15) is 64.0 Å². The lowest BCUT2D eigenvalue weighted by Crippen LogP contribution is -2.10. The maximum Gasteiger partial charge on any atom is 0.296 e. The molecule has 7 rings (SSSR count). The number of nitrogens with zero attached hydrogens (tertiary/aromatic N) is 9. The number of anilines is 1. The van der Waals surface area contributed by atoms with Crippen LogP contribution in [0.5, 0.6) is 11.5 Å². The van der Waals surface area contributed by atoms with Gasteiger partial charge in [0.25, 0.3) is 36.0 Å². The molecule has 0 atom stereocenters. The zero-order valence-corrected chi connectivity index (χ0v) is 35.7. The Labute approximate surface area is 375 Å². The van der Waals surface area contributed by atoms with E-state index in [1.165, 1.54) is 66.7 Å². The zero-order chi connectivity index (χ0) is 48.6. The summed E-state index contributed by atoms with van der Waals surface area (Å²) in [6.07, 6.45) is 0. The number of nitro benzene ring substituents is 1. The SMILES string of the molecule is NC(=O)c1ccc(N=Nc2ccc3c(N=Nc4ccccc4S(=O)(=O)O)ccc(N=Nc4cc(S(=O)(=O)O)c5cc(S(=O)(=O)O)c(N=Nc6ccc([N+](=O)[O-])cc6)c(O)c5c4N)c3c2O)cc1. The molecule has 7 aromatic rings. The number of phenolic OH excluding ortho intramolecular Hbond substituents is 2. The highest BCUT2D eigenvalue weighted by molar-refractivity contribution is 7.86. The molecule has 0 aliphatic rings. The molecule has 340 valence electrons. The molecule has 0 bridgehead atoms. The standard InChI is InChI=1S/C39H27N11O14S3/c40-35-29(18-31(66(59,60)61)24-17-32(67(62,63)64)36(38(52)34(24)35)49-43-21-9-11-22(12-10-21)50(54)55)48-46-27-16-15-25(44-45-26-3-1-2-4-30(26)65(56,57)58)23-13-14-28(37(51)33(23)27)47-42-20-7-5-19(6-8-20)39(41)53/h1-18,51-52H,40H2,(H2,41,53)(H,56,57,58)(H,59,60,61)(H,62,63,64). The lowest BCUT2D eigenvalue weighted by molar-refractivity contribution is -0.384. The Morgan fingerprint density at radius 1 is 0.522 bits per heavy atom. The molecule has 0 aliphatic carbocycles. The maximum atomic E-state index is 12.8. The second-order valence-electron chi connectivity index (χ2n) is 13.6. The Morgan fingerprint density at radius 3 is 1.66 bits per heavy atom. The highest BCUT2D eigenvalue weighted by Gasteiger charge is 2.29. The largest absolute Gasteiger partial charge is 0.505 e. The number of aromatic hydroxyl groups is 2. The summed E-state index contributed by atoms with van der Waals surface area (Å²) in [6.45, 7) is 0. The fourth-order valence-corrected chi connectivity index (χ4v) is 8.23. The van der Waals surface area contributed by atoms with Crippen LogP contribution in [0.2, 0.25) is 0 Å². The Kier molecular flexibility index (Phi) is 12.3. The number of carbonyl (C=O) groups excluding carboxylic acids is 1. The molecule has 0 spiro atoms. The monoisotopic (exact) mass is 969 g/mol. The van der Waals surface area contributed by atoms with E-state index >= 15 is 0 Å². The molecule has 0 saturated carbocycles. The second-order valence-corrected chi connectivity index (χ2v) is 17.8. The number of nitro groups is 1. The summed E-state index contributed by atoms with van der Waals surface area (Å²) < 4.78 is 105. The van der Waals surface area contributed by atoms with Gasteiger partial charge in [-0.2, -0.15) is 35.5 Å². The second kappa shape index (κ2) is 17.8. The predicted octanol–water partition coefficient (Wildman–Crippen LogP) is 9.40. The zero-order valence-electron chi connectivity index (χ0n) is 33.2. The number of azo groups is 4. The van der Waals surface area contributed by atoms with Crippen LogP contribution in [0.25, 0.3) is 21.5 Å². The van der Waals surface area contributed by atoms with Gasteiger partial charge < -0.3 is 21.7 Å². The smallest absolute Gasteiger partial charge is 0.296 e. The van der Waals surface area contributed by atoms with Crippen LogP contribution in [0.15, 0.2) is 165 Å². The van der Waals surface area contributed by atoms with E-state index in [1.54, 1.807) is 0 Å². The van der Waals surface area contributed by atoms with Gasteiger partial charge in [0.2, 0.25) is 5.91 Å². The van der Waals surface area contributed by atoms with E-state index < -0.39 is 95.2 Å². The maximum absolute atomic E-state index is 12.8. The fourth-order valence-electron chi connectivity index (χ4n) is 6.26. The highest BCUT2D eigenvalue weighted by atomic mass is 32.2. The number of phenols is 2. The number of hydrogen-bond acceptors (Lipinski definition) is 20. The molecule has 0 aromatic heterocycles. The van der Waals surface area contributed by atoms with Crippen molar-refractivity contribution in [3.63, 3.8) is 0 Å². The number of non-ortho nitro benzene ring substituents is 1. The number of nitrogen functional groups attached to an aromatic ring is 1. The van der Waals surface area contributed by atoms with Crippen LogP contribution in [0.1, 0.15) is 10.4 Å². The van der Waals surface area contributed by atoms with Crippen molar-refractivity contribution < 1.29 is 58.8 Å². The van der Waals surface area contributed by atoms with Gasteiger partial charge in [-0.25, -0.2) is 0 Å². The Balaban J connectivity index is 1.41. The summed E-state index contributed by atoms with van der Waals surface area (Å²) in [4.78, 5) is 19.0. The molecule has 1 amide bonds. The molecule has 67 heavy (non-hydrogen) atoms. The van der Waals surface area contributed by atoms with Gasteiger partial charge in [-0.1, -0.05) is 12.1 Å². The van der Waals surface area contributed by atoms with Crippen LogP contribution in [-0.2, 0) is 30.4 Å². The molecular weight excluding hydrogens is 943 g/mol. The molecule has 0 heterocycles. The first-order chi connectivity index (χ1) is 31.5. The molecule has 7 aromatic carbocycles. The van der Waals surface area contributed by atoms with Crippen LogP contribution in [0.4, 0.5) is 56.9 Å². The highest BCUT2D eigenvalue weighted by Crippen LogP contribution is 2.50. The fraction of sp³-hybridized carbons (Fsp3) is 0. The van der Waals surface area contributed by atoms with Crippen LogP contribution in [0.3, 0.4) is 0 Å². The molecule has 9 N–H and O–H groups in total. The minimum Gasteiger partial charge on any atom is -0.505 e. The van der Waals surface area contributed by atoms with Crippen molar-refractivity contribution >= 4 is 115 Å². The van der Waals surface area contributed by atoms with E-state index in [0.717, 1.165) is 30.3 Å². The Hall–Kier alpha value is -8.54. The van der Waals surface area contributed by atoms with Crippen LogP contribution in [-0.4, -0.2) is 60.0 Å². The molecule has 28 heteroatoms. The van der Waals surface area contributed by atoms with Crippen LogP contribution < -0.4 is 11.5 Å². The van der Waals surface area contributed by atoms with E-state index in [-0.39, 0.29) is 56.1 Å². The first-order valence-corrected chi connectivity index (χ1v) is 22.6. The minimum absolute atomic E-state index is 0.0196. The summed E-state index contributed by atoms with van der Waals surface area (Å²) in [7, 11) is -15.5. The minimum atomic E-state index is -5.36.